The summed E-state index contributed by atoms with van der Waals surface area (Å²) >= 11 is 8.26. The molecule has 0 spiro atoms. The molecule has 0 unspecified atom stereocenters. The first-order valence-electron chi connectivity index (χ1n) is 12.7. The van der Waals surface area contributed by atoms with Crippen LogP contribution in [0.5, 0.6) is 11.5 Å². The molecule has 0 fully saturated rings. The number of unbranched alkanes of at least 4 members (excludes halogenated alkanes) is 2. The van der Waals surface area contributed by atoms with Gasteiger partial charge < -0.3 is 0 Å². The van der Waals surface area contributed by atoms with Crippen LogP contribution >= 0.6 is 23.2 Å². The van der Waals surface area contributed by atoms with Gasteiger partial charge in [0.2, 0.25) is 0 Å². The summed E-state index contributed by atoms with van der Waals surface area (Å²) < 4.78 is 17.1. The number of halogens is 2. The number of rotatable bonds is 12. The van der Waals surface area contributed by atoms with E-state index in [0.717, 1.165) is 62.9 Å². The van der Waals surface area contributed by atoms with E-state index in [1.54, 1.807) is 0 Å². The molecule has 0 saturated heterocycles. The van der Waals surface area contributed by atoms with Crippen LogP contribution in [0.3, 0.4) is 0 Å². The van der Waals surface area contributed by atoms with E-state index in [2.05, 4.69) is 38.2 Å². The van der Waals surface area contributed by atoms with Crippen LogP contribution in [-0.2, 0) is 21.1 Å². The molecule has 0 heterocycles. The first-order valence-corrected chi connectivity index (χ1v) is 17.9. The van der Waals surface area contributed by atoms with Crippen molar-refractivity contribution in [2.75, 3.05) is 0 Å². The maximum atomic E-state index is 7.18. The summed E-state index contributed by atoms with van der Waals surface area (Å²) in [5.41, 5.74) is 2.81. The molecule has 2 aliphatic rings. The zero-order chi connectivity index (χ0) is 24.7. The Labute approximate surface area is 226 Å². The molecule has 35 heavy (non-hydrogen) atoms. The SMILES string of the molecule is CCCCC1=[C]([Zr]([O]c2ccc(Cl)cc2)([O]c2ccc(Cl)cc2)[C]2=C(CCCC)C=CC2)CC=C1. The van der Waals surface area contributed by atoms with Gasteiger partial charge >= 0.3 is 227 Å². The fourth-order valence-corrected chi connectivity index (χ4v) is 14.5. The molecule has 0 aliphatic heterocycles. The van der Waals surface area contributed by atoms with Gasteiger partial charge in [0.05, 0.1) is 0 Å². The van der Waals surface area contributed by atoms with Crippen LogP contribution in [0.15, 0.2) is 90.5 Å². The second-order valence-corrected chi connectivity index (χ2v) is 17.0. The Balaban J connectivity index is 1.90. The summed E-state index contributed by atoms with van der Waals surface area (Å²) in [6, 6.07) is 15.5. The third-order valence-corrected chi connectivity index (χ3v) is 16.2. The molecule has 0 amide bonds. The molecule has 0 N–H and O–H groups in total. The van der Waals surface area contributed by atoms with Crippen LogP contribution in [0.2, 0.25) is 10.0 Å². The fraction of sp³-hybridized carbons (Fsp3) is 0.333. The zero-order valence-corrected chi connectivity index (χ0v) is 24.6. The molecule has 2 nitrogen and oxygen atoms in total. The number of allylic oxidation sites excluding steroid dienone is 8. The van der Waals surface area contributed by atoms with E-state index in [0.29, 0.717) is 10.0 Å². The van der Waals surface area contributed by atoms with Gasteiger partial charge in [-0.25, -0.2) is 0 Å². The third-order valence-electron chi connectivity index (χ3n) is 6.60. The van der Waals surface area contributed by atoms with Crippen LogP contribution in [0.4, 0.5) is 0 Å². The Morgan fingerprint density at radius 2 is 1.06 bits per heavy atom. The van der Waals surface area contributed by atoms with Crippen molar-refractivity contribution in [3.63, 3.8) is 0 Å². The topological polar surface area (TPSA) is 18.5 Å². The predicted molar refractivity (Wildman–Crippen MR) is 145 cm³/mol. The Kier molecular flexibility index (Phi) is 9.56. The first kappa shape index (κ1) is 26.5. The number of hydrogen-bond acceptors (Lipinski definition) is 2. The summed E-state index contributed by atoms with van der Waals surface area (Å²) in [5.74, 6) is 1.64. The van der Waals surface area contributed by atoms with Crippen molar-refractivity contribution in [1.29, 1.82) is 0 Å². The van der Waals surface area contributed by atoms with Crippen molar-refractivity contribution in [3.05, 3.63) is 101 Å². The van der Waals surface area contributed by atoms with Crippen LogP contribution in [0, 0.1) is 0 Å². The molecule has 0 bridgehead atoms. The van der Waals surface area contributed by atoms with Crippen molar-refractivity contribution < 1.29 is 26.8 Å². The van der Waals surface area contributed by atoms with E-state index >= 15 is 0 Å². The number of hydrogen-bond donors (Lipinski definition) is 0. The van der Waals surface area contributed by atoms with Crippen LogP contribution in [0.25, 0.3) is 0 Å². The van der Waals surface area contributed by atoms with E-state index < -0.39 is 21.1 Å². The predicted octanol–water partition coefficient (Wildman–Crippen LogP) is 10.2. The fourth-order valence-electron chi connectivity index (χ4n) is 4.78. The van der Waals surface area contributed by atoms with Gasteiger partial charge in [0.1, 0.15) is 0 Å². The van der Waals surface area contributed by atoms with E-state index in [1.165, 1.54) is 17.7 Å². The molecule has 0 saturated carbocycles. The average Bonchev–Trinajstić information content (AvgIpc) is 3.54. The summed E-state index contributed by atoms with van der Waals surface area (Å²) in [4.78, 5) is 0. The second-order valence-electron chi connectivity index (χ2n) is 9.16. The Morgan fingerprint density at radius 1 is 0.657 bits per heavy atom. The molecular weight excluding hydrogens is 554 g/mol. The molecule has 2 aromatic carbocycles. The zero-order valence-electron chi connectivity index (χ0n) is 20.7. The van der Waals surface area contributed by atoms with Gasteiger partial charge in [0.25, 0.3) is 0 Å². The van der Waals surface area contributed by atoms with E-state index in [4.69, 9.17) is 28.8 Å². The van der Waals surface area contributed by atoms with Crippen LogP contribution in [0.1, 0.15) is 65.2 Å². The molecule has 2 aromatic rings. The Hall–Kier alpha value is -1.54. The van der Waals surface area contributed by atoms with Gasteiger partial charge in [0.15, 0.2) is 0 Å². The molecule has 5 heteroatoms. The molecular formula is C30H34Cl2O2Zr. The third kappa shape index (κ3) is 6.43. The van der Waals surface area contributed by atoms with Gasteiger partial charge in [-0.1, -0.05) is 0 Å². The van der Waals surface area contributed by atoms with Gasteiger partial charge in [0, 0.05) is 0 Å². The Bertz CT molecular complexity index is 1040. The summed E-state index contributed by atoms with van der Waals surface area (Å²) in [6.07, 6.45) is 17.7. The van der Waals surface area contributed by atoms with E-state index in [-0.39, 0.29) is 0 Å². The summed E-state index contributed by atoms with van der Waals surface area (Å²) in [6.45, 7) is 4.49. The summed E-state index contributed by atoms with van der Waals surface area (Å²) in [7, 11) is 0. The van der Waals surface area contributed by atoms with Crippen molar-refractivity contribution >= 4 is 23.2 Å². The van der Waals surface area contributed by atoms with Crippen molar-refractivity contribution in [3.8, 4) is 11.5 Å². The average molecular weight is 589 g/mol. The minimum absolute atomic E-state index is 0.701. The molecule has 0 radical (unpaired) electrons. The normalized spacial score (nSPS) is 15.4. The van der Waals surface area contributed by atoms with Crippen LogP contribution < -0.4 is 5.63 Å². The van der Waals surface area contributed by atoms with Gasteiger partial charge in [-0.3, -0.25) is 0 Å². The van der Waals surface area contributed by atoms with E-state index in [1.807, 2.05) is 48.5 Å². The van der Waals surface area contributed by atoms with Crippen molar-refractivity contribution in [2.45, 2.75) is 65.2 Å². The van der Waals surface area contributed by atoms with Gasteiger partial charge in [-0.05, 0) is 0 Å². The minimum atomic E-state index is -4.18. The molecule has 4 rings (SSSR count). The number of benzene rings is 2. The molecule has 0 aromatic heterocycles. The maximum absolute atomic E-state index is 7.18. The molecule has 2 aliphatic carbocycles. The van der Waals surface area contributed by atoms with Crippen molar-refractivity contribution in [1.82, 2.24) is 0 Å². The summed E-state index contributed by atoms with van der Waals surface area (Å²) in [5, 5.41) is 1.40. The standard InChI is InChI=1S/2C9H13.2C6H5ClO.Zr/c2*1-2-3-6-9-7-4-5-8-9;2*7-5-1-3-6(8)4-2-5;/h2*4,7H,2-3,5-6H2,1H3;2*1-4,8H;/q;;;;+2/p-2. The van der Waals surface area contributed by atoms with Crippen LogP contribution in [-0.4, -0.2) is 0 Å². The second kappa shape index (κ2) is 12.6. The molecule has 184 valence electrons. The molecule has 0 atom stereocenters. The monoisotopic (exact) mass is 586 g/mol. The van der Waals surface area contributed by atoms with Crippen molar-refractivity contribution in [2.24, 2.45) is 0 Å². The Morgan fingerprint density at radius 3 is 1.43 bits per heavy atom. The van der Waals surface area contributed by atoms with Gasteiger partial charge in [-0.2, -0.15) is 0 Å². The van der Waals surface area contributed by atoms with E-state index in [9.17, 15) is 0 Å². The quantitative estimate of drug-likeness (QED) is 0.246. The van der Waals surface area contributed by atoms with Gasteiger partial charge in [-0.15, -0.1) is 0 Å². The first-order chi connectivity index (χ1) is 17.1.